The Morgan fingerprint density at radius 1 is 0.442 bits per heavy atom. The first-order valence-electron chi connectivity index (χ1n) is 16.0. The highest BCUT2D eigenvalue weighted by Crippen LogP contribution is 2.32. The fourth-order valence-electron chi connectivity index (χ4n) is 3.47. The zero-order valence-electron chi connectivity index (χ0n) is 28.5. The number of ether oxygens (including phenoxy) is 11. The van der Waals surface area contributed by atoms with Crippen LogP contribution in [0.15, 0.2) is 4.90 Å². The van der Waals surface area contributed by atoms with Crippen LogP contribution in [0.4, 0.5) is 17.6 Å². The van der Waals surface area contributed by atoms with Crippen LogP contribution in [-0.2, 0) is 67.1 Å². The van der Waals surface area contributed by atoms with Gasteiger partial charge in [0.2, 0.25) is 17.4 Å². The largest absolute Gasteiger partial charge is 0.481 e. The SMILES string of the molecule is O=C(O)CCOCCOCCOCCOCCOCCOCCOCCOCCOCCOCCC(=O)Oc1c(F)c(F)c(S(=O)(=O)O)c(F)c1F. The van der Waals surface area contributed by atoms with Crippen molar-refractivity contribution in [1.29, 1.82) is 0 Å². The molecule has 0 aromatic heterocycles. The molecule has 0 radical (unpaired) electrons. The van der Waals surface area contributed by atoms with Gasteiger partial charge < -0.3 is 57.2 Å². The van der Waals surface area contributed by atoms with Gasteiger partial charge in [0.15, 0.2) is 16.5 Å². The number of carboxylic acids is 1. The van der Waals surface area contributed by atoms with Crippen LogP contribution in [-0.4, -0.2) is 162 Å². The smallest absolute Gasteiger partial charge is 0.313 e. The first-order valence-corrected chi connectivity index (χ1v) is 17.4. The van der Waals surface area contributed by atoms with Crippen molar-refractivity contribution in [3.8, 4) is 5.75 Å². The summed E-state index contributed by atoms with van der Waals surface area (Å²) in [6.45, 7) is 5.93. The van der Waals surface area contributed by atoms with E-state index in [9.17, 15) is 35.6 Å². The van der Waals surface area contributed by atoms with Gasteiger partial charge in [-0.05, 0) is 0 Å². The van der Waals surface area contributed by atoms with Crippen LogP contribution in [0.2, 0.25) is 0 Å². The Morgan fingerprint density at radius 3 is 0.942 bits per heavy atom. The molecule has 0 aliphatic carbocycles. The topological polar surface area (TPSA) is 210 Å². The van der Waals surface area contributed by atoms with Gasteiger partial charge in [-0.2, -0.15) is 17.2 Å². The minimum atomic E-state index is -5.64. The van der Waals surface area contributed by atoms with Crippen molar-refractivity contribution >= 4 is 22.1 Å². The maximum Gasteiger partial charge on any atom is 0.313 e. The third kappa shape index (κ3) is 23.1. The first kappa shape index (κ1) is 47.4. The number of hydrogen-bond acceptors (Lipinski definition) is 15. The molecular weight excluding hydrogens is 740 g/mol. The van der Waals surface area contributed by atoms with Crippen LogP contribution in [0.3, 0.4) is 0 Å². The number of carboxylic acid groups (broad SMARTS) is 1. The van der Waals surface area contributed by atoms with Crippen molar-refractivity contribution in [2.45, 2.75) is 17.7 Å². The summed E-state index contributed by atoms with van der Waals surface area (Å²) in [5, 5.41) is 8.48. The second-order valence-electron chi connectivity index (χ2n) is 9.88. The predicted octanol–water partition coefficient (Wildman–Crippen LogP) is 1.43. The van der Waals surface area contributed by atoms with Crippen LogP contribution in [0.1, 0.15) is 12.8 Å². The molecule has 52 heavy (non-hydrogen) atoms. The van der Waals surface area contributed by atoms with Gasteiger partial charge in [0.05, 0.1) is 145 Å². The maximum absolute atomic E-state index is 13.9. The summed E-state index contributed by atoms with van der Waals surface area (Å²) in [4.78, 5) is 19.8. The van der Waals surface area contributed by atoms with Crippen LogP contribution in [0.25, 0.3) is 0 Å². The molecule has 0 aliphatic heterocycles. The molecule has 1 aromatic rings. The van der Waals surface area contributed by atoms with E-state index in [1.54, 1.807) is 0 Å². The molecule has 1 rings (SSSR count). The molecule has 0 unspecified atom stereocenters. The molecule has 0 saturated carbocycles. The normalized spacial score (nSPS) is 11.7. The fraction of sp³-hybridized carbons (Fsp3) is 0.733. The van der Waals surface area contributed by atoms with Crippen LogP contribution >= 0.6 is 0 Å². The molecule has 2 N–H and O–H groups in total. The summed E-state index contributed by atoms with van der Waals surface area (Å²) in [5.41, 5.74) is 0. The Hall–Kier alpha value is -2.61. The summed E-state index contributed by atoms with van der Waals surface area (Å²) in [5.74, 6) is -13.6. The molecule has 22 heteroatoms. The number of carbonyl (C=O) groups is 2. The lowest BCUT2D eigenvalue weighted by molar-refractivity contribution is -0.138. The second kappa shape index (κ2) is 29.8. The van der Waals surface area contributed by atoms with Crippen LogP contribution in [0.5, 0.6) is 5.75 Å². The summed E-state index contributed by atoms with van der Waals surface area (Å²) in [6, 6.07) is 0. The van der Waals surface area contributed by atoms with Crippen molar-refractivity contribution in [3.05, 3.63) is 23.3 Å². The van der Waals surface area contributed by atoms with Crippen molar-refractivity contribution < 1.29 is 97.3 Å². The summed E-state index contributed by atoms with van der Waals surface area (Å²) in [7, 11) is -5.64. The summed E-state index contributed by atoms with van der Waals surface area (Å²) in [6.07, 6.45) is -0.606. The van der Waals surface area contributed by atoms with E-state index >= 15 is 0 Å². The number of benzene rings is 1. The molecule has 0 heterocycles. The molecule has 1 aromatic carbocycles. The van der Waals surface area contributed by atoms with E-state index in [4.69, 9.17) is 57.0 Å². The molecular formula is C30H46F4O17S. The van der Waals surface area contributed by atoms with E-state index < -0.39 is 62.4 Å². The van der Waals surface area contributed by atoms with Gasteiger partial charge in [0.25, 0.3) is 0 Å². The van der Waals surface area contributed by atoms with Gasteiger partial charge >= 0.3 is 22.1 Å². The third-order valence-electron chi connectivity index (χ3n) is 5.92. The number of hydrogen-bond donors (Lipinski definition) is 2. The van der Waals surface area contributed by atoms with Gasteiger partial charge in [-0.25, -0.2) is 8.78 Å². The highest BCUT2D eigenvalue weighted by atomic mass is 32.2. The van der Waals surface area contributed by atoms with E-state index in [1.165, 1.54) is 0 Å². The van der Waals surface area contributed by atoms with Gasteiger partial charge in [-0.15, -0.1) is 0 Å². The molecule has 0 atom stereocenters. The lowest BCUT2D eigenvalue weighted by Gasteiger charge is -2.11. The van der Waals surface area contributed by atoms with Crippen molar-refractivity contribution in [3.63, 3.8) is 0 Å². The zero-order valence-corrected chi connectivity index (χ0v) is 29.3. The van der Waals surface area contributed by atoms with E-state index in [1.807, 2.05) is 0 Å². The third-order valence-corrected chi connectivity index (χ3v) is 6.79. The number of aliphatic carboxylic acids is 1. The zero-order chi connectivity index (χ0) is 38.5. The number of rotatable bonds is 35. The minimum absolute atomic E-state index is 0.0245. The first-order chi connectivity index (χ1) is 25.0. The Kier molecular flexibility index (Phi) is 27.2. The average molecular weight is 787 g/mol. The van der Waals surface area contributed by atoms with Crippen molar-refractivity contribution in [1.82, 2.24) is 0 Å². The molecule has 0 saturated heterocycles. The lowest BCUT2D eigenvalue weighted by Crippen LogP contribution is -2.17. The molecule has 0 fully saturated rings. The molecule has 0 spiro atoms. The molecule has 0 bridgehead atoms. The van der Waals surface area contributed by atoms with E-state index in [0.717, 1.165) is 0 Å². The minimum Gasteiger partial charge on any atom is -0.481 e. The standard InChI is InChI=1S/C30H46F4O17S/c31-25-27(33)30(52(38,39)40)28(34)26(32)29(25)51-24(37)2-4-42-6-8-44-10-12-46-14-16-48-18-20-50-22-21-49-19-17-47-15-13-45-11-9-43-7-5-41-3-1-23(35)36/h1-22H2,(H,35,36)(H,38,39,40). The van der Waals surface area contributed by atoms with Gasteiger partial charge in [0.1, 0.15) is 0 Å². The Labute approximate surface area is 298 Å². The van der Waals surface area contributed by atoms with E-state index in [2.05, 4.69) is 4.74 Å². The van der Waals surface area contributed by atoms with Gasteiger partial charge in [0, 0.05) is 0 Å². The number of esters is 1. The monoisotopic (exact) mass is 786 g/mol. The molecule has 302 valence electrons. The average Bonchev–Trinajstić information content (AvgIpc) is 3.09. The Bertz CT molecular complexity index is 1210. The van der Waals surface area contributed by atoms with Crippen LogP contribution in [0, 0.1) is 23.3 Å². The Morgan fingerprint density at radius 2 is 0.692 bits per heavy atom. The predicted molar refractivity (Wildman–Crippen MR) is 167 cm³/mol. The molecule has 0 aliphatic rings. The van der Waals surface area contributed by atoms with Crippen LogP contribution < -0.4 is 4.74 Å². The van der Waals surface area contributed by atoms with Crippen molar-refractivity contribution in [2.24, 2.45) is 0 Å². The number of halogens is 4. The Balaban J connectivity index is 1.82. The summed E-state index contributed by atoms with van der Waals surface area (Å²) >= 11 is 0. The fourth-order valence-corrected chi connectivity index (χ4v) is 4.10. The molecule has 17 nitrogen and oxygen atoms in total. The van der Waals surface area contributed by atoms with Gasteiger partial charge in [-0.1, -0.05) is 0 Å². The highest BCUT2D eigenvalue weighted by molar-refractivity contribution is 7.85. The van der Waals surface area contributed by atoms with Gasteiger partial charge in [-0.3, -0.25) is 14.1 Å². The second-order valence-corrected chi connectivity index (χ2v) is 11.2. The quantitative estimate of drug-likeness (QED) is 0.0249. The van der Waals surface area contributed by atoms with E-state index in [-0.39, 0.29) is 46.1 Å². The summed E-state index contributed by atoms with van der Waals surface area (Å²) < 4.78 is 143. The molecule has 0 amide bonds. The maximum atomic E-state index is 13.9. The lowest BCUT2D eigenvalue weighted by atomic mass is 10.3. The van der Waals surface area contributed by atoms with Crippen molar-refractivity contribution in [2.75, 3.05) is 132 Å². The number of carbonyl (C=O) groups excluding carboxylic acids is 1. The highest BCUT2D eigenvalue weighted by Gasteiger charge is 2.34. The van der Waals surface area contributed by atoms with E-state index in [0.29, 0.717) is 92.5 Å².